The number of nitrogens with two attached hydrogens (primary N) is 1. The van der Waals surface area contributed by atoms with Crippen molar-refractivity contribution in [2.75, 3.05) is 0 Å². The molecule has 0 atom stereocenters. The van der Waals surface area contributed by atoms with E-state index < -0.39 is 29.1 Å². The summed E-state index contributed by atoms with van der Waals surface area (Å²) in [5.41, 5.74) is 5.44. The third-order valence-electron chi connectivity index (χ3n) is 3.66. The van der Waals surface area contributed by atoms with E-state index in [1.54, 1.807) is 24.3 Å². The summed E-state index contributed by atoms with van der Waals surface area (Å²) in [6, 6.07) is 12.3. The lowest BCUT2D eigenvalue weighted by molar-refractivity contribution is -0.137. The predicted octanol–water partition coefficient (Wildman–Crippen LogP) is 2.80. The molecule has 0 fully saturated rings. The maximum atomic E-state index is 13.0. The first-order valence-corrected chi connectivity index (χ1v) is 7.60. The van der Waals surface area contributed by atoms with Crippen LogP contribution in [0.2, 0.25) is 0 Å². The minimum atomic E-state index is -4.71. The SMILES string of the molecule is NC(=O)c1cc2ccccc2o/c1=N\NC(=O)c1ccccc1C(F)(F)F. The summed E-state index contributed by atoms with van der Waals surface area (Å²) in [5, 5.41) is 4.21. The third kappa shape index (κ3) is 3.81. The molecule has 1 aromatic heterocycles. The van der Waals surface area contributed by atoms with Crippen LogP contribution < -0.4 is 16.7 Å². The maximum Gasteiger partial charge on any atom is 0.417 e. The lowest BCUT2D eigenvalue weighted by Crippen LogP contribution is -2.28. The zero-order valence-electron chi connectivity index (χ0n) is 13.6. The van der Waals surface area contributed by atoms with Crippen molar-refractivity contribution in [1.29, 1.82) is 0 Å². The van der Waals surface area contributed by atoms with Crippen LogP contribution in [0.4, 0.5) is 13.2 Å². The highest BCUT2D eigenvalue weighted by molar-refractivity contribution is 5.96. The molecule has 1 heterocycles. The van der Waals surface area contributed by atoms with Crippen LogP contribution in [-0.4, -0.2) is 11.8 Å². The number of hydrogen-bond donors (Lipinski definition) is 2. The van der Waals surface area contributed by atoms with Gasteiger partial charge < -0.3 is 10.2 Å². The number of halogens is 3. The van der Waals surface area contributed by atoms with Crippen molar-refractivity contribution in [3.05, 3.63) is 76.8 Å². The molecule has 0 unspecified atom stereocenters. The van der Waals surface area contributed by atoms with E-state index >= 15 is 0 Å². The summed E-state index contributed by atoms with van der Waals surface area (Å²) in [5.74, 6) is -1.98. The molecule has 27 heavy (non-hydrogen) atoms. The molecule has 0 aliphatic heterocycles. The fraction of sp³-hybridized carbons (Fsp3) is 0.0556. The minimum absolute atomic E-state index is 0.127. The first-order chi connectivity index (χ1) is 12.8. The Hall–Kier alpha value is -3.62. The number of nitrogens with one attached hydrogen (secondary N) is 1. The van der Waals surface area contributed by atoms with Gasteiger partial charge in [0.25, 0.3) is 11.8 Å². The highest BCUT2D eigenvalue weighted by Crippen LogP contribution is 2.31. The molecule has 3 N–H and O–H groups in total. The van der Waals surface area contributed by atoms with Crippen LogP contribution in [-0.2, 0) is 6.18 Å². The van der Waals surface area contributed by atoms with E-state index in [9.17, 15) is 22.8 Å². The molecule has 0 radical (unpaired) electrons. The summed E-state index contributed by atoms with van der Waals surface area (Å²) in [6.45, 7) is 0. The molecule has 9 heteroatoms. The van der Waals surface area contributed by atoms with E-state index in [1.165, 1.54) is 18.2 Å². The van der Waals surface area contributed by atoms with Crippen molar-refractivity contribution in [3.63, 3.8) is 0 Å². The van der Waals surface area contributed by atoms with Crippen LogP contribution in [0.3, 0.4) is 0 Å². The third-order valence-corrected chi connectivity index (χ3v) is 3.66. The Labute approximate surface area is 150 Å². The number of rotatable bonds is 3. The molecule has 0 spiro atoms. The van der Waals surface area contributed by atoms with Gasteiger partial charge in [0.05, 0.1) is 11.1 Å². The van der Waals surface area contributed by atoms with Crippen LogP contribution in [0.25, 0.3) is 11.0 Å². The smallest absolute Gasteiger partial charge is 0.417 e. The fourth-order valence-corrected chi connectivity index (χ4v) is 2.42. The van der Waals surface area contributed by atoms with Gasteiger partial charge in [-0.2, -0.15) is 13.2 Å². The van der Waals surface area contributed by atoms with E-state index in [0.717, 1.165) is 12.1 Å². The molecular formula is C18H12F3N3O3. The largest absolute Gasteiger partial charge is 0.436 e. The van der Waals surface area contributed by atoms with Crippen molar-refractivity contribution in [2.45, 2.75) is 6.18 Å². The summed E-state index contributed by atoms with van der Waals surface area (Å²) >= 11 is 0. The minimum Gasteiger partial charge on any atom is -0.436 e. The predicted molar refractivity (Wildman–Crippen MR) is 89.2 cm³/mol. The summed E-state index contributed by atoms with van der Waals surface area (Å²) < 4.78 is 44.5. The molecule has 0 aliphatic rings. The number of fused-ring (bicyclic) bond motifs is 1. The van der Waals surface area contributed by atoms with Crippen molar-refractivity contribution < 1.29 is 27.2 Å². The van der Waals surface area contributed by atoms with Crippen LogP contribution in [0.15, 0.2) is 64.1 Å². The van der Waals surface area contributed by atoms with Gasteiger partial charge in [0.2, 0.25) is 5.55 Å². The number of nitrogens with zero attached hydrogens (tertiary/aromatic N) is 1. The quantitative estimate of drug-likeness (QED) is 0.689. The topological polar surface area (TPSA) is 97.7 Å². The first-order valence-electron chi connectivity index (χ1n) is 7.60. The highest BCUT2D eigenvalue weighted by Gasteiger charge is 2.34. The van der Waals surface area contributed by atoms with Gasteiger partial charge in [-0.15, -0.1) is 5.10 Å². The van der Waals surface area contributed by atoms with E-state index in [-0.39, 0.29) is 11.1 Å². The maximum absolute atomic E-state index is 13.0. The Morgan fingerprint density at radius 3 is 2.37 bits per heavy atom. The van der Waals surface area contributed by atoms with Gasteiger partial charge in [-0.1, -0.05) is 30.3 Å². The Bertz CT molecular complexity index is 1100. The van der Waals surface area contributed by atoms with Crippen LogP contribution in [0.1, 0.15) is 26.3 Å². The van der Waals surface area contributed by atoms with E-state index in [4.69, 9.17) is 10.2 Å². The van der Waals surface area contributed by atoms with E-state index in [0.29, 0.717) is 11.0 Å². The zero-order chi connectivity index (χ0) is 19.6. The number of carbonyl (C=O) groups is 2. The second kappa shape index (κ2) is 6.94. The summed E-state index contributed by atoms with van der Waals surface area (Å²) in [6.07, 6.45) is -4.71. The second-order valence-electron chi connectivity index (χ2n) is 5.46. The number of primary amides is 1. The van der Waals surface area contributed by atoms with Gasteiger partial charge in [0.15, 0.2) is 0 Å². The fourth-order valence-electron chi connectivity index (χ4n) is 2.42. The van der Waals surface area contributed by atoms with Crippen molar-refractivity contribution in [1.82, 2.24) is 5.43 Å². The standard InChI is InChI=1S/C18H12F3N3O3/c19-18(20,21)13-7-3-2-6-11(13)16(26)23-24-17-12(15(22)25)9-10-5-1-4-8-14(10)27-17/h1-9H,(H2,22,25)(H,23,26)/b24-17-. The van der Waals surface area contributed by atoms with Gasteiger partial charge in [-0.25, -0.2) is 5.43 Å². The van der Waals surface area contributed by atoms with Crippen molar-refractivity contribution >= 4 is 22.8 Å². The van der Waals surface area contributed by atoms with Gasteiger partial charge in [0, 0.05) is 5.39 Å². The zero-order valence-corrected chi connectivity index (χ0v) is 13.6. The lowest BCUT2D eigenvalue weighted by atomic mass is 10.1. The molecule has 0 saturated carbocycles. The molecule has 3 aromatic rings. The average Bonchev–Trinajstić information content (AvgIpc) is 2.64. The monoisotopic (exact) mass is 375 g/mol. The van der Waals surface area contributed by atoms with Gasteiger partial charge >= 0.3 is 6.18 Å². The summed E-state index contributed by atoms with van der Waals surface area (Å²) in [4.78, 5) is 23.8. The number of carbonyl (C=O) groups excluding carboxylic acids is 2. The first kappa shape index (κ1) is 18.2. The number of amides is 2. The average molecular weight is 375 g/mol. The number of para-hydroxylation sites is 1. The highest BCUT2D eigenvalue weighted by atomic mass is 19.4. The van der Waals surface area contributed by atoms with Crippen LogP contribution in [0, 0.1) is 0 Å². The summed E-state index contributed by atoms with van der Waals surface area (Å²) in [7, 11) is 0. The molecule has 0 saturated heterocycles. The van der Waals surface area contributed by atoms with Gasteiger partial charge in [0.1, 0.15) is 11.1 Å². The van der Waals surface area contributed by atoms with Crippen molar-refractivity contribution in [2.24, 2.45) is 10.8 Å². The lowest BCUT2D eigenvalue weighted by Gasteiger charge is -2.11. The van der Waals surface area contributed by atoms with E-state index in [2.05, 4.69) is 5.10 Å². The van der Waals surface area contributed by atoms with Crippen LogP contribution >= 0.6 is 0 Å². The van der Waals surface area contributed by atoms with Gasteiger partial charge in [-0.3, -0.25) is 9.59 Å². The number of hydrogen-bond acceptors (Lipinski definition) is 4. The molecule has 3 rings (SSSR count). The van der Waals surface area contributed by atoms with Crippen molar-refractivity contribution in [3.8, 4) is 0 Å². The molecule has 138 valence electrons. The molecular weight excluding hydrogens is 363 g/mol. The van der Waals surface area contributed by atoms with E-state index in [1.807, 2.05) is 5.43 Å². The molecule has 6 nitrogen and oxygen atoms in total. The number of alkyl halides is 3. The normalized spacial score (nSPS) is 12.2. The molecule has 2 aromatic carbocycles. The Morgan fingerprint density at radius 2 is 1.67 bits per heavy atom. The molecule has 0 bridgehead atoms. The second-order valence-corrected chi connectivity index (χ2v) is 5.46. The Balaban J connectivity index is 2.03. The Kier molecular flexibility index (Phi) is 4.68. The van der Waals surface area contributed by atoms with Gasteiger partial charge in [-0.05, 0) is 24.3 Å². The van der Waals surface area contributed by atoms with Crippen LogP contribution in [0.5, 0.6) is 0 Å². The number of benzene rings is 2. The molecule has 2 amide bonds. The molecule has 0 aliphatic carbocycles. The Morgan fingerprint density at radius 1 is 1.00 bits per heavy atom.